The van der Waals surface area contributed by atoms with Crippen molar-refractivity contribution in [3.05, 3.63) is 182 Å². The lowest BCUT2D eigenvalue weighted by Gasteiger charge is -2.13. The molecule has 0 aliphatic rings. The summed E-state index contributed by atoms with van der Waals surface area (Å²) in [4.78, 5) is 0. The average Bonchev–Trinajstić information content (AvgIpc) is 4.04. The highest BCUT2D eigenvalue weighted by atomic mass is 16.3. The number of fused-ring (bicyclic) bond motifs is 9. The van der Waals surface area contributed by atoms with Crippen LogP contribution in [0.25, 0.3) is 99.2 Å². The second-order valence-electron chi connectivity index (χ2n) is 11.9. The topological polar surface area (TPSA) is 23.0 Å². The van der Waals surface area contributed by atoms with Crippen LogP contribution in [0.15, 0.2) is 186 Å². The molecule has 0 bridgehead atoms. The van der Waals surface area contributed by atoms with Gasteiger partial charge < -0.3 is 13.6 Å². The van der Waals surface area contributed by atoms with Crippen molar-refractivity contribution in [2.75, 3.05) is 0 Å². The molecule has 0 unspecified atom stereocenters. The van der Waals surface area contributed by atoms with Crippen molar-refractivity contribution in [1.29, 1.82) is 0 Å². The Hall–Kier alpha value is -6.84. The first-order valence-electron chi connectivity index (χ1n) is 25.4. The zero-order chi connectivity index (χ0) is 50.0. The molecule has 3 aromatic heterocycles. The molecular weight excluding hydrogens is 621 g/mol. The van der Waals surface area contributed by atoms with Crippen molar-refractivity contribution >= 4 is 65.6 Å². The standard InChI is InChI=1S/C48H30N2O/c1-3-13-31(14-4-1)34-29-45(48-39-19-9-12-22-46(39)51-47(48)30-34)50-42-21-11-8-18-37(42)40-27-32(24-26-43(40)50)33-23-25-38-36-17-7-10-20-41(36)49(44(38)28-33)35-15-5-2-6-16-35/h1-30H/i2D,5D,6D,7D,8D,10D,11D,15D,16D,17D,18D,20D,21D,23D,24D,25D,26D,27D,28D. The lowest BCUT2D eigenvalue weighted by atomic mass is 10.0. The van der Waals surface area contributed by atoms with Crippen molar-refractivity contribution in [1.82, 2.24) is 9.13 Å². The summed E-state index contributed by atoms with van der Waals surface area (Å²) in [7, 11) is 0. The Morgan fingerprint density at radius 1 is 0.412 bits per heavy atom. The molecular formula is C48H30N2O. The molecule has 0 saturated carbocycles. The van der Waals surface area contributed by atoms with Gasteiger partial charge in [0.05, 0.1) is 59.2 Å². The van der Waals surface area contributed by atoms with Gasteiger partial charge in [0.25, 0.3) is 0 Å². The summed E-state index contributed by atoms with van der Waals surface area (Å²) < 4.78 is 182. The van der Waals surface area contributed by atoms with E-state index in [1.54, 1.807) is 30.3 Å². The first kappa shape index (κ1) is 15.4. The SMILES string of the molecule is [2H]c1c([2H])c([2H])c(-n2c3c([2H])c([2H])c([2H])c([2H])c3c3c([2H])c([2H])c(-c4c([2H])c([2H])c5c(c4[2H])c4c([2H])c([2H])c([2H])c([2H])c4n5-c4cc(-c5ccccc5)cc5oc6ccccc6c45)c([2H])c32)c([2H])c1[2H]. The van der Waals surface area contributed by atoms with Gasteiger partial charge in [-0.15, -0.1) is 0 Å². The van der Waals surface area contributed by atoms with Crippen LogP contribution in [0.4, 0.5) is 0 Å². The molecule has 0 amide bonds. The van der Waals surface area contributed by atoms with Crippen molar-refractivity contribution in [2.24, 2.45) is 0 Å². The molecule has 11 aromatic rings. The molecule has 0 atom stereocenters. The molecule has 3 heteroatoms. The second kappa shape index (κ2) is 10.8. The summed E-state index contributed by atoms with van der Waals surface area (Å²) >= 11 is 0. The number of rotatable bonds is 4. The highest BCUT2D eigenvalue weighted by Gasteiger charge is 2.20. The van der Waals surface area contributed by atoms with Gasteiger partial charge in [-0.3, -0.25) is 0 Å². The van der Waals surface area contributed by atoms with Crippen molar-refractivity contribution in [3.8, 4) is 33.6 Å². The van der Waals surface area contributed by atoms with Crippen LogP contribution in [-0.4, -0.2) is 9.13 Å². The van der Waals surface area contributed by atoms with E-state index in [0.717, 1.165) is 10.1 Å². The third-order valence-electron chi connectivity index (χ3n) is 9.08. The summed E-state index contributed by atoms with van der Waals surface area (Å²) in [6.45, 7) is 0. The molecule has 0 aliphatic heterocycles. The molecule has 0 aliphatic carbocycles. The van der Waals surface area contributed by atoms with Gasteiger partial charge in [-0.25, -0.2) is 0 Å². The summed E-state index contributed by atoms with van der Waals surface area (Å²) in [5, 5.41) is -0.278. The first-order valence-corrected chi connectivity index (χ1v) is 15.9. The van der Waals surface area contributed by atoms with Crippen LogP contribution in [0.2, 0.25) is 0 Å². The van der Waals surface area contributed by atoms with Gasteiger partial charge >= 0.3 is 0 Å². The maximum absolute atomic E-state index is 10.0. The number of benzene rings is 8. The maximum atomic E-state index is 10.0. The van der Waals surface area contributed by atoms with Crippen LogP contribution in [0, 0.1) is 0 Å². The van der Waals surface area contributed by atoms with E-state index in [-0.39, 0.29) is 27.5 Å². The number of nitrogens with zero attached hydrogens (tertiary/aromatic N) is 2. The Morgan fingerprint density at radius 2 is 1.06 bits per heavy atom. The number of furan rings is 1. The molecule has 11 rings (SSSR count). The number of hydrogen-bond donors (Lipinski definition) is 0. The Balaban J connectivity index is 1.36. The normalized spacial score (nSPS) is 17.1. The molecule has 0 N–H and O–H groups in total. The molecule has 0 radical (unpaired) electrons. The van der Waals surface area contributed by atoms with Crippen LogP contribution < -0.4 is 0 Å². The fourth-order valence-electron chi connectivity index (χ4n) is 6.90. The van der Waals surface area contributed by atoms with Gasteiger partial charge in [0.2, 0.25) is 0 Å². The van der Waals surface area contributed by atoms with Gasteiger partial charge in [0, 0.05) is 32.6 Å². The minimum absolute atomic E-state index is 0.171. The van der Waals surface area contributed by atoms with E-state index in [1.165, 1.54) is 4.57 Å². The van der Waals surface area contributed by atoms with Crippen molar-refractivity contribution in [3.63, 3.8) is 0 Å². The molecule has 3 heterocycles. The quantitative estimate of drug-likeness (QED) is 0.183. The second-order valence-corrected chi connectivity index (χ2v) is 11.9. The summed E-state index contributed by atoms with van der Waals surface area (Å²) in [6.07, 6.45) is 0. The van der Waals surface area contributed by atoms with E-state index in [0.29, 0.717) is 27.5 Å². The third kappa shape index (κ3) is 4.19. The lowest BCUT2D eigenvalue weighted by molar-refractivity contribution is 0.669. The summed E-state index contributed by atoms with van der Waals surface area (Å²) in [6, 6.07) is 5.71. The highest BCUT2D eigenvalue weighted by Crippen LogP contribution is 2.42. The van der Waals surface area contributed by atoms with E-state index in [2.05, 4.69) is 0 Å². The summed E-state index contributed by atoms with van der Waals surface area (Å²) in [5.74, 6) is 0. The van der Waals surface area contributed by atoms with Crippen LogP contribution in [0.3, 0.4) is 0 Å². The predicted octanol–water partition coefficient (Wildman–Crippen LogP) is 13.1. The van der Waals surface area contributed by atoms with E-state index in [1.807, 2.05) is 36.4 Å². The molecule has 8 aromatic carbocycles. The van der Waals surface area contributed by atoms with E-state index < -0.39 is 153 Å². The molecule has 0 spiro atoms. The zero-order valence-corrected chi connectivity index (χ0v) is 26.2. The van der Waals surface area contributed by atoms with Crippen LogP contribution in [0.5, 0.6) is 0 Å². The van der Waals surface area contributed by atoms with Gasteiger partial charge in [0.1, 0.15) is 11.2 Å². The minimum atomic E-state index is -0.838. The van der Waals surface area contributed by atoms with Gasteiger partial charge in [-0.1, -0.05) is 121 Å². The predicted molar refractivity (Wildman–Crippen MR) is 213 cm³/mol. The average molecular weight is 670 g/mol. The van der Waals surface area contributed by atoms with Gasteiger partial charge in [-0.2, -0.15) is 0 Å². The number of hydrogen-bond acceptors (Lipinski definition) is 1. The first-order chi connectivity index (χ1) is 33.2. The zero-order valence-electron chi connectivity index (χ0n) is 45.2. The van der Waals surface area contributed by atoms with Crippen molar-refractivity contribution in [2.45, 2.75) is 0 Å². The summed E-state index contributed by atoms with van der Waals surface area (Å²) in [5.41, 5.74) is -0.829. The third-order valence-corrected chi connectivity index (χ3v) is 9.08. The van der Waals surface area contributed by atoms with Gasteiger partial charge in [-0.05, 0) is 82.7 Å². The van der Waals surface area contributed by atoms with Gasteiger partial charge in [0.15, 0.2) is 0 Å². The fraction of sp³-hybridized carbons (Fsp3) is 0. The fourth-order valence-corrected chi connectivity index (χ4v) is 6.90. The largest absolute Gasteiger partial charge is 0.456 e. The number of para-hydroxylation sites is 4. The van der Waals surface area contributed by atoms with Crippen molar-refractivity contribution < 1.29 is 30.5 Å². The van der Waals surface area contributed by atoms with Crippen LogP contribution >= 0.6 is 0 Å². The Kier molecular flexibility index (Phi) is 3.26. The monoisotopic (exact) mass is 669 g/mol. The minimum Gasteiger partial charge on any atom is -0.456 e. The Morgan fingerprint density at radius 3 is 1.90 bits per heavy atom. The highest BCUT2D eigenvalue weighted by molar-refractivity contribution is 6.16. The maximum Gasteiger partial charge on any atom is 0.138 e. The smallest absolute Gasteiger partial charge is 0.138 e. The van der Waals surface area contributed by atoms with Crippen LogP contribution in [0.1, 0.15) is 26.0 Å². The molecule has 0 fully saturated rings. The molecule has 0 saturated heterocycles. The molecule has 51 heavy (non-hydrogen) atoms. The Labute approximate surface area is 320 Å². The van der Waals surface area contributed by atoms with E-state index >= 15 is 0 Å². The van der Waals surface area contributed by atoms with E-state index in [4.69, 9.17) is 19.5 Å². The molecule has 238 valence electrons. The number of aromatic nitrogens is 2. The lowest BCUT2D eigenvalue weighted by Crippen LogP contribution is -1.96. The molecule has 3 nitrogen and oxygen atoms in total. The Bertz CT molecular complexity index is 4200. The van der Waals surface area contributed by atoms with Crippen LogP contribution in [-0.2, 0) is 0 Å². The van der Waals surface area contributed by atoms with E-state index in [9.17, 15) is 11.0 Å².